The Morgan fingerprint density at radius 3 is 2.29 bits per heavy atom. The van der Waals surface area contributed by atoms with Crippen molar-refractivity contribution in [2.24, 2.45) is 0 Å². The first-order valence-electron chi connectivity index (χ1n) is 9.59. The fraction of sp³-hybridized carbons (Fsp3) is 0.333. The van der Waals surface area contributed by atoms with Crippen LogP contribution in [0.5, 0.6) is 11.5 Å². The van der Waals surface area contributed by atoms with Gasteiger partial charge in [-0.25, -0.2) is 0 Å². The van der Waals surface area contributed by atoms with Crippen LogP contribution in [-0.4, -0.2) is 62.2 Å². The van der Waals surface area contributed by atoms with E-state index in [-0.39, 0.29) is 29.4 Å². The van der Waals surface area contributed by atoms with Crippen LogP contribution in [0.4, 0.5) is 11.4 Å². The van der Waals surface area contributed by atoms with E-state index < -0.39 is 16.5 Å². The van der Waals surface area contributed by atoms with E-state index in [0.29, 0.717) is 32.0 Å². The molecule has 0 saturated carbocycles. The number of nitrogens with one attached hydrogen (secondary N) is 1. The summed E-state index contributed by atoms with van der Waals surface area (Å²) >= 11 is 0. The smallest absolute Gasteiger partial charge is 0.286 e. The van der Waals surface area contributed by atoms with Gasteiger partial charge < -0.3 is 24.4 Å². The molecule has 3 rings (SSSR count). The molecule has 31 heavy (non-hydrogen) atoms. The van der Waals surface area contributed by atoms with E-state index in [2.05, 4.69) is 5.32 Å². The lowest BCUT2D eigenvalue weighted by Gasteiger charge is -2.26. The quantitative estimate of drug-likeness (QED) is 0.529. The van der Waals surface area contributed by atoms with E-state index >= 15 is 0 Å². The first kappa shape index (κ1) is 22.0. The summed E-state index contributed by atoms with van der Waals surface area (Å²) in [7, 11) is 2.73. The zero-order valence-electron chi connectivity index (χ0n) is 17.3. The van der Waals surface area contributed by atoms with Crippen LogP contribution in [0, 0.1) is 10.1 Å². The number of anilines is 1. The van der Waals surface area contributed by atoms with Gasteiger partial charge in [0.15, 0.2) is 11.5 Å². The molecule has 0 bridgehead atoms. The van der Waals surface area contributed by atoms with E-state index in [4.69, 9.17) is 14.2 Å². The average Bonchev–Trinajstić information content (AvgIpc) is 2.79. The van der Waals surface area contributed by atoms with Crippen molar-refractivity contribution in [3.63, 3.8) is 0 Å². The molecule has 0 aromatic heterocycles. The standard InChI is InChI=1S/C21H23N3O7/c1-29-18-12-16(17(24(27)28)13-19(18)30-2)21(26)22-15-5-3-14(4-6-15)11-20(25)23-7-9-31-10-8-23/h3-6,12-13H,7-11H2,1-2H3,(H,22,26). The summed E-state index contributed by atoms with van der Waals surface area (Å²) in [6, 6.07) is 9.17. The van der Waals surface area contributed by atoms with E-state index in [9.17, 15) is 19.7 Å². The predicted octanol–water partition coefficient (Wildman–Crippen LogP) is 2.27. The molecular formula is C21H23N3O7. The third kappa shape index (κ3) is 5.28. The molecule has 1 N–H and O–H groups in total. The normalized spacial score (nSPS) is 13.4. The number of hydrogen-bond acceptors (Lipinski definition) is 7. The van der Waals surface area contributed by atoms with Gasteiger partial charge in [0.05, 0.1) is 44.8 Å². The Morgan fingerprint density at radius 2 is 1.71 bits per heavy atom. The Balaban J connectivity index is 1.72. The lowest BCUT2D eigenvalue weighted by molar-refractivity contribution is -0.385. The average molecular weight is 429 g/mol. The van der Waals surface area contributed by atoms with Gasteiger partial charge in [0.2, 0.25) is 5.91 Å². The molecule has 1 aliphatic heterocycles. The van der Waals surface area contributed by atoms with Crippen molar-refractivity contribution < 1.29 is 28.7 Å². The highest BCUT2D eigenvalue weighted by molar-refractivity contribution is 6.07. The minimum absolute atomic E-state index is 0.0149. The first-order chi connectivity index (χ1) is 14.9. The SMILES string of the molecule is COc1cc(C(=O)Nc2ccc(CC(=O)N3CCOCC3)cc2)c([N+](=O)[O-])cc1OC. The number of rotatable bonds is 7. The molecule has 2 amide bonds. The molecule has 0 spiro atoms. The second kappa shape index (κ2) is 9.90. The van der Waals surface area contributed by atoms with Gasteiger partial charge in [-0.1, -0.05) is 12.1 Å². The van der Waals surface area contributed by atoms with E-state index in [1.165, 1.54) is 20.3 Å². The molecule has 0 aliphatic carbocycles. The summed E-state index contributed by atoms with van der Waals surface area (Å²) in [5, 5.41) is 14.0. The fourth-order valence-electron chi connectivity index (χ4n) is 3.20. The van der Waals surface area contributed by atoms with Crippen LogP contribution >= 0.6 is 0 Å². The van der Waals surface area contributed by atoms with Gasteiger partial charge in [-0.05, 0) is 17.7 Å². The molecule has 0 unspecified atom stereocenters. The summed E-state index contributed by atoms with van der Waals surface area (Å²) in [6.07, 6.45) is 0.245. The largest absolute Gasteiger partial charge is 0.493 e. The van der Waals surface area contributed by atoms with Crippen LogP contribution in [0.15, 0.2) is 36.4 Å². The number of nitro benzene ring substituents is 1. The van der Waals surface area contributed by atoms with Crippen LogP contribution in [-0.2, 0) is 16.0 Å². The summed E-state index contributed by atoms with van der Waals surface area (Å²) in [6.45, 7) is 2.24. The van der Waals surface area contributed by atoms with Crippen molar-refractivity contribution in [1.29, 1.82) is 0 Å². The molecule has 164 valence electrons. The monoisotopic (exact) mass is 429 g/mol. The number of benzene rings is 2. The number of amides is 2. The van der Waals surface area contributed by atoms with Crippen molar-refractivity contribution in [3.05, 3.63) is 57.6 Å². The summed E-state index contributed by atoms with van der Waals surface area (Å²) in [4.78, 5) is 37.5. The van der Waals surface area contributed by atoms with Crippen LogP contribution in [0.3, 0.4) is 0 Å². The van der Waals surface area contributed by atoms with Crippen molar-refractivity contribution in [1.82, 2.24) is 4.90 Å². The first-order valence-corrected chi connectivity index (χ1v) is 9.59. The minimum Gasteiger partial charge on any atom is -0.493 e. The highest BCUT2D eigenvalue weighted by Gasteiger charge is 2.25. The Bertz CT molecular complexity index is 970. The van der Waals surface area contributed by atoms with E-state index in [0.717, 1.165) is 11.6 Å². The zero-order valence-corrected chi connectivity index (χ0v) is 17.3. The maximum absolute atomic E-state index is 12.7. The molecule has 0 atom stereocenters. The maximum atomic E-state index is 12.7. The predicted molar refractivity (Wildman–Crippen MR) is 112 cm³/mol. The molecule has 1 fully saturated rings. The van der Waals surface area contributed by atoms with E-state index in [1.54, 1.807) is 29.2 Å². The molecular weight excluding hydrogens is 406 g/mol. The van der Waals surface area contributed by atoms with Gasteiger partial charge in [0.25, 0.3) is 11.6 Å². The van der Waals surface area contributed by atoms with Gasteiger partial charge in [-0.2, -0.15) is 0 Å². The third-order valence-corrected chi connectivity index (χ3v) is 4.87. The minimum atomic E-state index is -0.662. The lowest BCUT2D eigenvalue weighted by atomic mass is 10.1. The summed E-state index contributed by atoms with van der Waals surface area (Å²) < 4.78 is 15.5. The highest BCUT2D eigenvalue weighted by atomic mass is 16.6. The summed E-state index contributed by atoms with van der Waals surface area (Å²) in [5.41, 5.74) is 0.681. The zero-order chi connectivity index (χ0) is 22.4. The number of methoxy groups -OCH3 is 2. The summed E-state index contributed by atoms with van der Waals surface area (Å²) in [5.74, 6) is -0.291. The Morgan fingerprint density at radius 1 is 1.10 bits per heavy atom. The molecule has 1 heterocycles. The number of nitrogens with zero attached hydrogens (tertiary/aromatic N) is 2. The van der Waals surface area contributed by atoms with Gasteiger partial charge in [0.1, 0.15) is 5.56 Å². The molecule has 10 nitrogen and oxygen atoms in total. The lowest BCUT2D eigenvalue weighted by Crippen LogP contribution is -2.41. The Hall–Kier alpha value is -3.66. The second-order valence-electron chi connectivity index (χ2n) is 6.80. The van der Waals surface area contributed by atoms with Gasteiger partial charge in [0, 0.05) is 24.8 Å². The number of hydrogen-bond donors (Lipinski definition) is 1. The molecule has 2 aromatic rings. The maximum Gasteiger partial charge on any atom is 0.286 e. The molecule has 10 heteroatoms. The highest BCUT2D eigenvalue weighted by Crippen LogP contribution is 2.34. The topological polar surface area (TPSA) is 120 Å². The third-order valence-electron chi connectivity index (χ3n) is 4.87. The fourth-order valence-corrected chi connectivity index (χ4v) is 3.20. The number of carbonyl (C=O) groups excluding carboxylic acids is 2. The van der Waals surface area contributed by atoms with Gasteiger partial charge in [-0.3, -0.25) is 19.7 Å². The van der Waals surface area contributed by atoms with Crippen LogP contribution in [0.25, 0.3) is 0 Å². The van der Waals surface area contributed by atoms with Crippen LogP contribution < -0.4 is 14.8 Å². The van der Waals surface area contributed by atoms with Gasteiger partial charge in [-0.15, -0.1) is 0 Å². The Kier molecular flexibility index (Phi) is 7.03. The Labute approximate surface area is 178 Å². The van der Waals surface area contributed by atoms with Crippen molar-refractivity contribution in [3.8, 4) is 11.5 Å². The molecule has 2 aromatic carbocycles. The van der Waals surface area contributed by atoms with E-state index in [1.807, 2.05) is 0 Å². The number of nitro groups is 1. The molecule has 1 saturated heterocycles. The van der Waals surface area contributed by atoms with Crippen LogP contribution in [0.2, 0.25) is 0 Å². The van der Waals surface area contributed by atoms with Gasteiger partial charge >= 0.3 is 0 Å². The molecule has 0 radical (unpaired) electrons. The van der Waals surface area contributed by atoms with Crippen molar-refractivity contribution >= 4 is 23.2 Å². The van der Waals surface area contributed by atoms with Crippen LogP contribution in [0.1, 0.15) is 15.9 Å². The molecule has 1 aliphatic rings. The number of ether oxygens (including phenoxy) is 3. The van der Waals surface area contributed by atoms with Crippen molar-refractivity contribution in [2.45, 2.75) is 6.42 Å². The second-order valence-corrected chi connectivity index (χ2v) is 6.80. The van der Waals surface area contributed by atoms with Crippen molar-refractivity contribution in [2.75, 3.05) is 45.8 Å². The number of carbonyl (C=O) groups is 2. The number of morpholine rings is 1.